The summed E-state index contributed by atoms with van der Waals surface area (Å²) in [4.78, 5) is 25.2. The van der Waals surface area contributed by atoms with Crippen LogP contribution in [0.2, 0.25) is 0 Å². The second-order valence-electron chi connectivity index (χ2n) is 6.11. The summed E-state index contributed by atoms with van der Waals surface area (Å²) in [7, 11) is 0. The Morgan fingerprint density at radius 3 is 2.46 bits per heavy atom. The van der Waals surface area contributed by atoms with Gasteiger partial charge in [0, 0.05) is 12.5 Å². The van der Waals surface area contributed by atoms with Gasteiger partial charge in [-0.3, -0.25) is 9.59 Å². The van der Waals surface area contributed by atoms with Crippen LogP contribution in [0.15, 0.2) is 24.3 Å². The molecule has 1 aromatic rings. The van der Waals surface area contributed by atoms with Gasteiger partial charge in [0.1, 0.15) is 0 Å². The Morgan fingerprint density at radius 1 is 1.21 bits per heavy atom. The molecule has 1 aliphatic carbocycles. The predicted molar refractivity (Wildman–Crippen MR) is 77.8 cm³/mol. The Bertz CT molecular complexity index is 645. The van der Waals surface area contributed by atoms with Gasteiger partial charge in [-0.15, -0.1) is 0 Å². The van der Waals surface area contributed by atoms with Gasteiger partial charge >= 0.3 is 6.18 Å². The molecular formula is C16H17F3N2O3. The second kappa shape index (κ2) is 6.08. The Kier molecular flexibility index (Phi) is 4.25. The minimum atomic E-state index is -4.37. The molecule has 2 aliphatic rings. The van der Waals surface area contributed by atoms with Gasteiger partial charge in [-0.1, -0.05) is 12.1 Å². The predicted octanol–water partition coefficient (Wildman–Crippen LogP) is 1.52. The van der Waals surface area contributed by atoms with Crippen molar-refractivity contribution in [2.24, 2.45) is 11.7 Å². The summed E-state index contributed by atoms with van der Waals surface area (Å²) in [5, 5.41) is 0. The monoisotopic (exact) mass is 342 g/mol. The van der Waals surface area contributed by atoms with Crippen molar-refractivity contribution in [3.8, 4) is 0 Å². The molecule has 0 aromatic heterocycles. The molecule has 3 atom stereocenters. The average Bonchev–Trinajstić information content (AvgIpc) is 3.34. The highest BCUT2D eigenvalue weighted by Crippen LogP contribution is 2.49. The smallest absolute Gasteiger partial charge is 0.367 e. The molecule has 2 fully saturated rings. The van der Waals surface area contributed by atoms with E-state index in [1.165, 1.54) is 12.1 Å². The van der Waals surface area contributed by atoms with Gasteiger partial charge in [0.05, 0.1) is 18.7 Å². The van der Waals surface area contributed by atoms with Crippen molar-refractivity contribution in [1.82, 2.24) is 4.90 Å². The van der Waals surface area contributed by atoms with Crippen molar-refractivity contribution in [2.75, 3.05) is 19.7 Å². The van der Waals surface area contributed by atoms with Crippen molar-refractivity contribution >= 4 is 11.8 Å². The number of alkyl halides is 3. The fourth-order valence-corrected chi connectivity index (χ4v) is 3.01. The first-order chi connectivity index (χ1) is 11.3. The first-order valence-electron chi connectivity index (χ1n) is 7.64. The molecule has 3 rings (SSSR count). The first kappa shape index (κ1) is 16.8. The summed E-state index contributed by atoms with van der Waals surface area (Å²) >= 11 is 0. The number of nitrogens with zero attached hydrogens (tertiary/aromatic N) is 1. The quantitative estimate of drug-likeness (QED) is 0.905. The third-order valence-electron chi connectivity index (χ3n) is 4.47. The summed E-state index contributed by atoms with van der Waals surface area (Å²) in [6.45, 7) is 0.764. The van der Waals surface area contributed by atoms with Crippen LogP contribution < -0.4 is 5.73 Å². The molecule has 1 aliphatic heterocycles. The Hall–Kier alpha value is -2.09. The number of benzene rings is 1. The Labute approximate surface area is 136 Å². The van der Waals surface area contributed by atoms with Crippen LogP contribution in [-0.2, 0) is 20.5 Å². The van der Waals surface area contributed by atoms with Crippen molar-refractivity contribution < 1.29 is 27.5 Å². The maximum absolute atomic E-state index is 12.6. The van der Waals surface area contributed by atoms with Gasteiger partial charge in [0.25, 0.3) is 0 Å². The number of halogens is 3. The molecule has 1 saturated carbocycles. The van der Waals surface area contributed by atoms with E-state index >= 15 is 0 Å². The van der Waals surface area contributed by atoms with E-state index in [2.05, 4.69) is 0 Å². The molecule has 2 N–H and O–H groups in total. The molecule has 24 heavy (non-hydrogen) atoms. The van der Waals surface area contributed by atoms with E-state index in [-0.39, 0.29) is 30.9 Å². The zero-order valence-corrected chi connectivity index (χ0v) is 12.8. The van der Waals surface area contributed by atoms with E-state index in [1.807, 2.05) is 0 Å². The zero-order valence-electron chi connectivity index (χ0n) is 12.8. The molecule has 2 amide bonds. The largest absolute Gasteiger partial charge is 0.416 e. The molecule has 0 bridgehead atoms. The summed E-state index contributed by atoms with van der Waals surface area (Å²) in [5.74, 6) is -1.04. The van der Waals surface area contributed by atoms with Crippen LogP contribution in [0.1, 0.15) is 23.5 Å². The summed E-state index contributed by atoms with van der Waals surface area (Å²) in [6.07, 6.45) is -4.57. The third-order valence-corrected chi connectivity index (χ3v) is 4.47. The van der Waals surface area contributed by atoms with E-state index in [4.69, 9.17) is 10.5 Å². The Morgan fingerprint density at radius 2 is 1.88 bits per heavy atom. The van der Waals surface area contributed by atoms with Gasteiger partial charge in [-0.05, 0) is 30.0 Å². The average molecular weight is 342 g/mol. The van der Waals surface area contributed by atoms with Crippen molar-refractivity contribution in [1.29, 1.82) is 0 Å². The molecule has 0 spiro atoms. The lowest BCUT2D eigenvalue weighted by Gasteiger charge is -2.31. The maximum Gasteiger partial charge on any atom is 0.416 e. The molecular weight excluding hydrogens is 325 g/mol. The van der Waals surface area contributed by atoms with Crippen LogP contribution in [-0.4, -0.2) is 42.5 Å². The summed E-state index contributed by atoms with van der Waals surface area (Å²) < 4.78 is 42.9. The SMILES string of the molecule is NC(=O)[C@@H]1CN(C(=O)[C@H]2C[C@H]2c2ccc(C(F)(F)F)cc2)CCO1. The van der Waals surface area contributed by atoms with Crippen molar-refractivity contribution in [2.45, 2.75) is 24.6 Å². The highest BCUT2D eigenvalue weighted by atomic mass is 19.4. The number of hydrogen-bond acceptors (Lipinski definition) is 3. The fraction of sp³-hybridized carbons (Fsp3) is 0.500. The number of nitrogens with two attached hydrogens (primary N) is 1. The number of morpholine rings is 1. The number of ether oxygens (including phenoxy) is 1. The maximum atomic E-state index is 12.6. The van der Waals surface area contributed by atoms with Crippen LogP contribution in [0.4, 0.5) is 13.2 Å². The second-order valence-corrected chi connectivity index (χ2v) is 6.11. The van der Waals surface area contributed by atoms with Gasteiger partial charge < -0.3 is 15.4 Å². The van der Waals surface area contributed by atoms with Crippen LogP contribution in [0.5, 0.6) is 0 Å². The van der Waals surface area contributed by atoms with Crippen LogP contribution in [0.3, 0.4) is 0 Å². The standard InChI is InChI=1S/C16H17F3N2O3/c17-16(18,19)10-3-1-9(2-4-10)11-7-12(11)15(23)21-5-6-24-13(8-21)14(20)22/h1-4,11-13H,5-8H2,(H2,20,22)/t11-,12-,13-/m0/s1. The third kappa shape index (κ3) is 3.38. The highest BCUT2D eigenvalue weighted by Gasteiger charge is 2.47. The van der Waals surface area contributed by atoms with Crippen LogP contribution >= 0.6 is 0 Å². The topological polar surface area (TPSA) is 72.6 Å². The first-order valence-corrected chi connectivity index (χ1v) is 7.64. The van der Waals surface area contributed by atoms with E-state index in [0.29, 0.717) is 13.0 Å². The zero-order chi connectivity index (χ0) is 17.5. The number of rotatable bonds is 3. The molecule has 0 unspecified atom stereocenters. The molecule has 1 saturated heterocycles. The van der Waals surface area contributed by atoms with Gasteiger partial charge in [-0.2, -0.15) is 13.2 Å². The highest BCUT2D eigenvalue weighted by molar-refractivity contribution is 5.85. The molecule has 1 aromatic carbocycles. The number of carbonyl (C=O) groups excluding carboxylic acids is 2. The van der Waals surface area contributed by atoms with Gasteiger partial charge in [0.15, 0.2) is 6.10 Å². The number of carbonyl (C=O) groups is 2. The summed E-state index contributed by atoms with van der Waals surface area (Å²) in [6, 6.07) is 4.92. The fourth-order valence-electron chi connectivity index (χ4n) is 3.01. The van der Waals surface area contributed by atoms with Gasteiger partial charge in [0.2, 0.25) is 11.8 Å². The van der Waals surface area contributed by atoms with Crippen molar-refractivity contribution in [3.63, 3.8) is 0 Å². The van der Waals surface area contributed by atoms with Gasteiger partial charge in [-0.25, -0.2) is 0 Å². The normalized spacial score (nSPS) is 27.0. The number of primary amides is 1. The molecule has 130 valence electrons. The Balaban J connectivity index is 1.62. The lowest BCUT2D eigenvalue weighted by atomic mass is 10.1. The number of amides is 2. The minimum Gasteiger partial charge on any atom is -0.367 e. The van der Waals surface area contributed by atoms with Crippen LogP contribution in [0.25, 0.3) is 0 Å². The minimum absolute atomic E-state index is 0.0744. The number of hydrogen-bond donors (Lipinski definition) is 1. The van der Waals surface area contributed by atoms with E-state index in [1.54, 1.807) is 4.90 Å². The van der Waals surface area contributed by atoms with E-state index in [9.17, 15) is 22.8 Å². The lowest BCUT2D eigenvalue weighted by molar-refractivity contribution is -0.146. The van der Waals surface area contributed by atoms with Crippen LogP contribution in [0, 0.1) is 5.92 Å². The van der Waals surface area contributed by atoms with Crippen molar-refractivity contribution in [3.05, 3.63) is 35.4 Å². The lowest BCUT2D eigenvalue weighted by Crippen LogP contribution is -2.50. The molecule has 1 heterocycles. The molecule has 8 heteroatoms. The molecule has 0 radical (unpaired) electrons. The summed E-state index contributed by atoms with van der Waals surface area (Å²) in [5.41, 5.74) is 5.22. The molecule has 5 nitrogen and oxygen atoms in total. The van der Waals surface area contributed by atoms with E-state index in [0.717, 1.165) is 17.7 Å². The van der Waals surface area contributed by atoms with E-state index < -0.39 is 23.8 Å².